The predicted molar refractivity (Wildman–Crippen MR) is 393 cm³/mol. The number of amides is 12. The van der Waals surface area contributed by atoms with Gasteiger partial charge in [-0.15, -0.1) is 23.2 Å². The third kappa shape index (κ3) is 21.3. The summed E-state index contributed by atoms with van der Waals surface area (Å²) in [4.78, 5) is 193. The van der Waals surface area contributed by atoms with Crippen molar-refractivity contribution in [3.8, 4) is 0 Å². The topological polar surface area (TPSA) is 270 Å². The lowest BCUT2D eigenvalue weighted by Crippen LogP contribution is -2.65. The Labute approximate surface area is 631 Å². The lowest BCUT2D eigenvalue weighted by atomic mass is 9.78. The maximum Gasteiger partial charge on any atom is 0.393 e. The van der Waals surface area contributed by atoms with Gasteiger partial charge < -0.3 is 60.0 Å². The van der Waals surface area contributed by atoms with E-state index in [0.717, 1.165) is 44.9 Å². The molecule has 7 fully saturated rings. The minimum absolute atomic E-state index is 0.0160. The molecule has 1 spiro atoms. The second-order valence-electron chi connectivity index (χ2n) is 32.8. The number of rotatable bonds is 13. The number of alkyl halides is 5. The molecule has 0 aromatic carbocycles. The summed E-state index contributed by atoms with van der Waals surface area (Å²) < 4.78 is 42.4. The van der Waals surface area contributed by atoms with Crippen molar-refractivity contribution in [2.24, 2.45) is 41.4 Å². The molecule has 0 radical (unpaired) electrons. The van der Waals surface area contributed by atoms with E-state index in [1.165, 1.54) is 114 Å². The molecule has 13 atom stereocenters. The third-order valence-corrected chi connectivity index (χ3v) is 25.8. The predicted octanol–water partition coefficient (Wildman–Crippen LogP) is 7.72. The van der Waals surface area contributed by atoms with E-state index in [9.17, 15) is 46.7 Å². The van der Waals surface area contributed by atoms with Crippen LogP contribution in [0.1, 0.15) is 214 Å². The van der Waals surface area contributed by atoms with Crippen molar-refractivity contribution in [1.82, 2.24) is 60.0 Å². The van der Waals surface area contributed by atoms with E-state index >= 15 is 24.0 Å². The van der Waals surface area contributed by atoms with Crippen molar-refractivity contribution in [3.63, 3.8) is 0 Å². The van der Waals surface area contributed by atoms with Crippen LogP contribution in [-0.4, -0.2) is 268 Å². The standard InChI is InChI=1S/C76H123Cl2F3N12O12/c1-15-46(4)63-72(103)87(9)47(5)67(98)93-38-35-56(93)71(102)90(12)59(42-48-23-17-16-18-24-48)70(101)86(8)44-61(94)82-55(34-30-49-29-33-53(54(78)40-49)76(79,80)81)68(99)89(11)58(41-50-27-31-52(77)32-28-50)66(97)84-75(36-21-22-37-75)74(105)92(14)64(51-25-19-20-26-51)73(104)91(13)60(69(100)85(6)7)43-62(95)88(10)57(39-45(2)3)65(96)83-63/h45-60,63-64H,15-44H2,1-14H3,(H,82,94)(H,83,96)(H,84,97)/t46-,47-,49?,50?,52?,53?,54?,55-,56-,57-,58-,59-,60-,63-,64-/m0/s1. The van der Waals surface area contributed by atoms with Gasteiger partial charge in [-0.1, -0.05) is 91.9 Å². The van der Waals surface area contributed by atoms with Gasteiger partial charge in [0.25, 0.3) is 0 Å². The molecule has 5 aliphatic carbocycles. The molecule has 7 rings (SSSR count). The zero-order valence-corrected chi connectivity index (χ0v) is 66.4. The largest absolute Gasteiger partial charge is 0.393 e. The average Bonchev–Trinajstić information content (AvgIpc) is 1.59. The summed E-state index contributed by atoms with van der Waals surface area (Å²) in [6.07, 6.45) is 6.67. The van der Waals surface area contributed by atoms with E-state index in [0.29, 0.717) is 57.8 Å². The number of carbonyl (C=O) groups excluding carboxylic acids is 12. The summed E-state index contributed by atoms with van der Waals surface area (Å²) >= 11 is 13.1. The number of carbonyl (C=O) groups is 12. The van der Waals surface area contributed by atoms with E-state index < -0.39 is 173 Å². The van der Waals surface area contributed by atoms with Crippen LogP contribution in [0.3, 0.4) is 0 Å². The Balaban J connectivity index is 1.32. The highest BCUT2D eigenvalue weighted by molar-refractivity contribution is 6.21. The Morgan fingerprint density at radius 2 is 1.18 bits per heavy atom. The Morgan fingerprint density at radius 3 is 1.74 bits per heavy atom. The van der Waals surface area contributed by atoms with Gasteiger partial charge in [0.2, 0.25) is 70.9 Å². The Morgan fingerprint density at radius 1 is 0.600 bits per heavy atom. The molecule has 594 valence electrons. The maximum atomic E-state index is 15.9. The van der Waals surface area contributed by atoms with Crippen LogP contribution in [0.4, 0.5) is 13.2 Å². The van der Waals surface area contributed by atoms with Crippen LogP contribution in [0, 0.1) is 41.4 Å². The summed E-state index contributed by atoms with van der Waals surface area (Å²) in [6.45, 7) is 8.43. The fourth-order valence-electron chi connectivity index (χ4n) is 17.5. The monoisotopic (exact) mass is 1520 g/mol. The molecule has 3 unspecified atom stereocenters. The molecule has 5 saturated carbocycles. The second-order valence-corrected chi connectivity index (χ2v) is 34.0. The first-order valence-electron chi connectivity index (χ1n) is 39.0. The van der Waals surface area contributed by atoms with Crippen molar-refractivity contribution in [2.75, 3.05) is 76.5 Å². The van der Waals surface area contributed by atoms with Gasteiger partial charge in [0.1, 0.15) is 59.9 Å². The fourth-order valence-corrected chi connectivity index (χ4v) is 18.3. The van der Waals surface area contributed by atoms with Gasteiger partial charge in [-0.3, -0.25) is 57.5 Å². The van der Waals surface area contributed by atoms with Gasteiger partial charge in [0, 0.05) is 80.7 Å². The molecular weight excluding hydrogens is 1400 g/mol. The maximum absolute atomic E-state index is 15.9. The summed E-state index contributed by atoms with van der Waals surface area (Å²) in [6, 6.07) is -11.0. The van der Waals surface area contributed by atoms with Gasteiger partial charge in [-0.2, -0.15) is 13.2 Å². The first-order chi connectivity index (χ1) is 49.3. The van der Waals surface area contributed by atoms with E-state index in [1.54, 1.807) is 6.92 Å². The minimum Gasteiger partial charge on any atom is -0.347 e. The second kappa shape index (κ2) is 37.9. The van der Waals surface area contributed by atoms with E-state index in [1.807, 2.05) is 20.8 Å². The normalized spacial score (nSPS) is 31.8. The van der Waals surface area contributed by atoms with Gasteiger partial charge in [-0.05, 0) is 152 Å². The summed E-state index contributed by atoms with van der Waals surface area (Å²) in [5.74, 6) is -10.9. The zero-order valence-electron chi connectivity index (χ0n) is 64.9. The lowest BCUT2D eigenvalue weighted by Gasteiger charge is -2.45. The van der Waals surface area contributed by atoms with Crippen molar-refractivity contribution in [2.45, 2.75) is 291 Å². The van der Waals surface area contributed by atoms with Crippen LogP contribution >= 0.6 is 23.2 Å². The molecule has 105 heavy (non-hydrogen) atoms. The molecule has 0 bridgehead atoms. The molecule has 29 heteroatoms. The van der Waals surface area contributed by atoms with Crippen LogP contribution in [0.2, 0.25) is 0 Å². The highest BCUT2D eigenvalue weighted by Gasteiger charge is 2.53. The van der Waals surface area contributed by atoms with Gasteiger partial charge >= 0.3 is 6.18 Å². The summed E-state index contributed by atoms with van der Waals surface area (Å²) in [7, 11) is 13.1. The quantitative estimate of drug-likeness (QED) is 0.150. The van der Waals surface area contributed by atoms with Crippen LogP contribution in [0.5, 0.6) is 0 Å². The molecule has 2 aliphatic heterocycles. The number of hydrogen-bond acceptors (Lipinski definition) is 12. The van der Waals surface area contributed by atoms with E-state index in [-0.39, 0.29) is 106 Å². The highest BCUT2D eigenvalue weighted by atomic mass is 35.5. The first-order valence-corrected chi connectivity index (χ1v) is 39.8. The summed E-state index contributed by atoms with van der Waals surface area (Å²) in [5.41, 5.74) is -1.61. The molecule has 0 aromatic heterocycles. The number of nitrogens with one attached hydrogen (secondary N) is 3. The number of hydrogen-bond donors (Lipinski definition) is 3. The van der Waals surface area contributed by atoms with Crippen LogP contribution < -0.4 is 16.0 Å². The van der Waals surface area contributed by atoms with Gasteiger partial charge in [0.15, 0.2) is 0 Å². The van der Waals surface area contributed by atoms with Crippen molar-refractivity contribution >= 4 is 94.1 Å². The number of nitrogens with zero attached hydrogens (tertiary/aromatic N) is 9. The molecule has 0 aromatic rings. The van der Waals surface area contributed by atoms with E-state index in [2.05, 4.69) is 16.0 Å². The summed E-state index contributed by atoms with van der Waals surface area (Å²) in [5, 5.41) is 7.61. The number of likely N-dealkylation sites (N-methyl/N-ethyl adjacent to an activating group) is 8. The molecule has 2 saturated heterocycles. The molecular formula is C76H123Cl2F3N12O12. The van der Waals surface area contributed by atoms with Gasteiger partial charge in [0.05, 0.1) is 18.9 Å². The van der Waals surface area contributed by atoms with Crippen LogP contribution in [0.25, 0.3) is 0 Å². The molecule has 3 N–H and O–H groups in total. The van der Waals surface area contributed by atoms with Crippen molar-refractivity contribution in [1.29, 1.82) is 0 Å². The van der Waals surface area contributed by atoms with E-state index in [4.69, 9.17) is 23.2 Å². The molecule has 24 nitrogen and oxygen atoms in total. The van der Waals surface area contributed by atoms with Crippen molar-refractivity contribution in [3.05, 3.63) is 0 Å². The molecule has 2 heterocycles. The average molecular weight is 1520 g/mol. The van der Waals surface area contributed by atoms with Crippen LogP contribution in [0.15, 0.2) is 0 Å². The Kier molecular flexibility index (Phi) is 31.1. The van der Waals surface area contributed by atoms with Gasteiger partial charge in [-0.25, -0.2) is 0 Å². The smallest absolute Gasteiger partial charge is 0.347 e. The number of fused-ring (bicyclic) bond motifs is 1. The first kappa shape index (κ1) is 86.2. The fraction of sp³-hybridized carbons (Fsp3) is 0.842. The zero-order chi connectivity index (χ0) is 77.9. The Bertz CT molecular complexity index is 3070. The molecule has 7 aliphatic rings. The Hall–Kier alpha value is -5.99. The van der Waals surface area contributed by atoms with Crippen LogP contribution in [-0.2, 0) is 57.5 Å². The molecule has 12 amide bonds. The highest BCUT2D eigenvalue weighted by Crippen LogP contribution is 2.44. The third-order valence-electron chi connectivity index (χ3n) is 24.9. The SMILES string of the molecule is CC[C@H](C)[C@@H]1NC(=O)[C@H](CC(C)C)N(C)C(=O)C[C@@H](C(=O)N(C)C)N(C)C(=O)[C@H](C2CCCC2)N(C)C(=O)C2(CCCC2)NC(=O)[C@H](CC2CCC(Cl)CC2)N(C)C(=O)[C@H](CCC2CCC(C(F)(F)F)C(Cl)C2)NC(=O)CN(C)C(=O)[C@H](CC2CCCCC2)N(C)C(=O)[C@@H]2CCN2C(=O)[C@H](C)N(C)C1=O. The van der Waals surface area contributed by atoms with Crippen molar-refractivity contribution < 1.29 is 70.7 Å². The minimum atomic E-state index is -4.52. The number of halogens is 5. The lowest BCUT2D eigenvalue weighted by molar-refractivity contribution is -0.182.